The number of amides is 1. The van der Waals surface area contributed by atoms with Gasteiger partial charge in [-0.1, -0.05) is 50.2 Å². The van der Waals surface area contributed by atoms with E-state index < -0.39 is 49.5 Å². The van der Waals surface area contributed by atoms with Crippen molar-refractivity contribution in [1.82, 2.24) is 9.29 Å². The van der Waals surface area contributed by atoms with Crippen LogP contribution >= 0.6 is 0 Å². The highest BCUT2D eigenvalue weighted by molar-refractivity contribution is 7.91. The predicted octanol–water partition coefficient (Wildman–Crippen LogP) is 2.83. The van der Waals surface area contributed by atoms with E-state index in [4.69, 9.17) is 15.2 Å². The van der Waals surface area contributed by atoms with Gasteiger partial charge in [-0.2, -0.15) is 0 Å². The second-order valence-corrected chi connectivity index (χ2v) is 14.3. The lowest BCUT2D eigenvalue weighted by atomic mass is 9.98. The summed E-state index contributed by atoms with van der Waals surface area (Å²) >= 11 is 0. The fourth-order valence-corrected chi connectivity index (χ4v) is 7.92. The molecule has 1 amide bonds. The van der Waals surface area contributed by atoms with E-state index in [1.807, 2.05) is 30.3 Å². The third kappa shape index (κ3) is 7.63. The molecule has 0 fully saturated rings. The summed E-state index contributed by atoms with van der Waals surface area (Å²) in [5, 5.41) is 0. The predicted molar refractivity (Wildman–Crippen MR) is 155 cm³/mol. The summed E-state index contributed by atoms with van der Waals surface area (Å²) in [5.74, 6) is -2.65. The van der Waals surface area contributed by atoms with Crippen LogP contribution in [0, 0.1) is 11.8 Å². The highest BCUT2D eigenvalue weighted by Gasteiger charge is 2.40. The van der Waals surface area contributed by atoms with E-state index in [9.17, 15) is 21.6 Å². The minimum absolute atomic E-state index is 0.205. The molecule has 220 valence electrons. The number of ether oxygens (including phenoxy) is 2. The number of hydrogen-bond acceptors (Lipinski definition) is 9. The van der Waals surface area contributed by atoms with Crippen molar-refractivity contribution in [3.63, 3.8) is 0 Å². The van der Waals surface area contributed by atoms with Gasteiger partial charge < -0.3 is 15.2 Å². The summed E-state index contributed by atoms with van der Waals surface area (Å²) in [6.07, 6.45) is 2.54. The van der Waals surface area contributed by atoms with Crippen molar-refractivity contribution in [2.24, 2.45) is 17.6 Å². The van der Waals surface area contributed by atoms with Crippen molar-refractivity contribution in [3.05, 3.63) is 84.2 Å². The zero-order chi connectivity index (χ0) is 29.6. The van der Waals surface area contributed by atoms with Crippen molar-refractivity contribution in [2.75, 3.05) is 24.7 Å². The molecule has 1 aromatic heterocycles. The molecule has 0 saturated heterocycles. The average molecular weight is 602 g/mol. The van der Waals surface area contributed by atoms with Gasteiger partial charge in [0.25, 0.3) is 10.0 Å². The lowest BCUT2D eigenvalue weighted by Crippen LogP contribution is -2.55. The van der Waals surface area contributed by atoms with Crippen LogP contribution in [0.25, 0.3) is 0 Å². The van der Waals surface area contributed by atoms with E-state index in [1.54, 1.807) is 31.5 Å². The lowest BCUT2D eigenvalue weighted by Gasteiger charge is -2.34. The Balaban J connectivity index is 1.61. The Bertz CT molecular complexity index is 1550. The van der Waals surface area contributed by atoms with Crippen LogP contribution in [-0.4, -0.2) is 62.9 Å². The molecule has 41 heavy (non-hydrogen) atoms. The number of rotatable bonds is 12. The number of aryl methyl sites for hydroxylation is 1. The van der Waals surface area contributed by atoms with Crippen molar-refractivity contribution in [2.45, 2.75) is 37.8 Å². The molecule has 3 aromatic rings. The standard InChI is InChI=1S/C29H35N3O7S2/c1-21(17-23-7-4-3-5-8-23)28(30)32(41(36,37)25-10-11-26-27(18-25)39-15-14-38-26)29(33)22(2)20-40(34,35)16-12-24-9-6-13-31-19-24/h3-11,13,18-19,21-22,28H,12,14-17,20,30H2,1-2H3/t21-,22?,28-/m0/s1. The molecule has 2 N–H and O–H groups in total. The number of carbonyl (C=O) groups is 1. The molecule has 2 heterocycles. The van der Waals surface area contributed by atoms with Gasteiger partial charge in [0.15, 0.2) is 21.3 Å². The Morgan fingerprint density at radius 1 is 0.951 bits per heavy atom. The topological polar surface area (TPSA) is 146 Å². The smallest absolute Gasteiger partial charge is 0.268 e. The van der Waals surface area contributed by atoms with Crippen molar-refractivity contribution >= 4 is 25.8 Å². The van der Waals surface area contributed by atoms with Gasteiger partial charge in [-0.25, -0.2) is 21.1 Å². The van der Waals surface area contributed by atoms with Gasteiger partial charge in [-0.3, -0.25) is 9.78 Å². The molecule has 1 aliphatic rings. The molecule has 12 heteroatoms. The van der Waals surface area contributed by atoms with Crippen LogP contribution in [0.1, 0.15) is 25.0 Å². The first-order chi connectivity index (χ1) is 19.5. The van der Waals surface area contributed by atoms with Gasteiger partial charge in [0.1, 0.15) is 13.2 Å². The van der Waals surface area contributed by atoms with Crippen LogP contribution in [0.4, 0.5) is 0 Å². The zero-order valence-corrected chi connectivity index (χ0v) is 24.7. The van der Waals surface area contributed by atoms with Crippen molar-refractivity contribution in [1.29, 1.82) is 0 Å². The second-order valence-electron chi connectivity index (χ2n) is 10.2. The highest BCUT2D eigenvalue weighted by Crippen LogP contribution is 2.34. The molecule has 4 rings (SSSR count). The van der Waals surface area contributed by atoms with Crippen LogP contribution < -0.4 is 15.2 Å². The fourth-order valence-electron chi connectivity index (χ4n) is 4.63. The molecule has 1 aliphatic heterocycles. The van der Waals surface area contributed by atoms with Gasteiger partial charge in [-0.05, 0) is 48.1 Å². The van der Waals surface area contributed by atoms with Crippen LogP contribution in [0.3, 0.4) is 0 Å². The first-order valence-corrected chi connectivity index (χ1v) is 16.6. The van der Waals surface area contributed by atoms with Gasteiger partial charge in [0, 0.05) is 18.5 Å². The Morgan fingerprint density at radius 3 is 2.32 bits per heavy atom. The minimum atomic E-state index is -4.51. The number of pyridine rings is 1. The maximum Gasteiger partial charge on any atom is 0.268 e. The molecule has 0 spiro atoms. The third-order valence-electron chi connectivity index (χ3n) is 6.89. The van der Waals surface area contributed by atoms with Gasteiger partial charge in [-0.15, -0.1) is 0 Å². The third-order valence-corrected chi connectivity index (χ3v) is 10.5. The molecule has 0 bridgehead atoms. The number of fused-ring (bicyclic) bond motifs is 1. The SMILES string of the molecule is CC(CS(=O)(=O)CCc1cccnc1)C(=O)N([C@H](N)[C@@H](C)Cc1ccccc1)S(=O)(=O)c1ccc2c(c1)OCCO2. The van der Waals surface area contributed by atoms with Gasteiger partial charge in [0.2, 0.25) is 5.91 Å². The number of nitrogens with zero attached hydrogens (tertiary/aromatic N) is 2. The van der Waals surface area contributed by atoms with Crippen molar-refractivity contribution < 1.29 is 31.1 Å². The first-order valence-electron chi connectivity index (χ1n) is 13.3. The quantitative estimate of drug-likeness (QED) is 0.310. The fraction of sp³-hybridized carbons (Fsp3) is 0.379. The molecule has 0 aliphatic carbocycles. The van der Waals surface area contributed by atoms with Gasteiger partial charge in [0.05, 0.1) is 28.5 Å². The number of hydrogen-bond donors (Lipinski definition) is 1. The van der Waals surface area contributed by atoms with E-state index in [0.29, 0.717) is 23.1 Å². The molecule has 3 atom stereocenters. The molecule has 2 aromatic carbocycles. The normalized spacial score (nSPS) is 15.5. The summed E-state index contributed by atoms with van der Waals surface area (Å²) in [7, 11) is -8.23. The van der Waals surface area contributed by atoms with Crippen LogP contribution in [-0.2, 0) is 37.5 Å². The number of carbonyl (C=O) groups excluding carboxylic acids is 1. The van der Waals surface area contributed by atoms with Gasteiger partial charge >= 0.3 is 0 Å². The van der Waals surface area contributed by atoms with E-state index in [-0.39, 0.29) is 29.4 Å². The molecule has 0 saturated carbocycles. The molecule has 1 unspecified atom stereocenters. The Morgan fingerprint density at radius 2 is 1.63 bits per heavy atom. The molecular weight excluding hydrogens is 566 g/mol. The van der Waals surface area contributed by atoms with Crippen LogP contribution in [0.5, 0.6) is 11.5 Å². The van der Waals surface area contributed by atoms with E-state index in [1.165, 1.54) is 25.1 Å². The highest BCUT2D eigenvalue weighted by atomic mass is 32.2. The Hall–Kier alpha value is -3.48. The monoisotopic (exact) mass is 601 g/mol. The maximum absolute atomic E-state index is 14.0. The number of sulfone groups is 1. The average Bonchev–Trinajstić information content (AvgIpc) is 2.96. The first kappa shape index (κ1) is 30.5. The zero-order valence-electron chi connectivity index (χ0n) is 23.0. The summed E-state index contributed by atoms with van der Waals surface area (Å²) in [6.45, 7) is 3.75. The van der Waals surface area contributed by atoms with Crippen molar-refractivity contribution in [3.8, 4) is 11.5 Å². The summed E-state index contributed by atoms with van der Waals surface area (Å²) < 4.78 is 65.7. The lowest BCUT2D eigenvalue weighted by molar-refractivity contribution is -0.131. The maximum atomic E-state index is 14.0. The largest absolute Gasteiger partial charge is 0.486 e. The van der Waals surface area contributed by atoms with E-state index in [0.717, 1.165) is 11.1 Å². The Kier molecular flexibility index (Phi) is 9.67. The van der Waals surface area contributed by atoms with Crippen LogP contribution in [0.15, 0.2) is 78.0 Å². The van der Waals surface area contributed by atoms with E-state index in [2.05, 4.69) is 4.98 Å². The minimum Gasteiger partial charge on any atom is -0.486 e. The molecular formula is C29H35N3O7S2. The Labute approximate surface area is 241 Å². The number of nitrogens with two attached hydrogens (primary N) is 1. The van der Waals surface area contributed by atoms with Crippen LogP contribution in [0.2, 0.25) is 0 Å². The summed E-state index contributed by atoms with van der Waals surface area (Å²) in [4.78, 5) is 17.6. The second kappa shape index (κ2) is 13.0. The molecule has 10 nitrogen and oxygen atoms in total. The van der Waals surface area contributed by atoms with E-state index >= 15 is 0 Å². The summed E-state index contributed by atoms with van der Waals surface area (Å²) in [5.41, 5.74) is 8.19. The number of sulfonamides is 1. The number of aromatic nitrogens is 1. The summed E-state index contributed by atoms with van der Waals surface area (Å²) in [6, 6.07) is 17.0. The number of benzene rings is 2. The molecule has 0 radical (unpaired) electrons.